The predicted octanol–water partition coefficient (Wildman–Crippen LogP) is 4.93. The van der Waals surface area contributed by atoms with Gasteiger partial charge < -0.3 is 19.3 Å². The zero-order chi connectivity index (χ0) is 24.5. The van der Waals surface area contributed by atoms with Crippen LogP contribution in [0.3, 0.4) is 0 Å². The molecule has 34 heavy (non-hydrogen) atoms. The van der Waals surface area contributed by atoms with Gasteiger partial charge in [-0.25, -0.2) is 8.42 Å². The Labute approximate surface area is 197 Å². The van der Waals surface area contributed by atoms with Crippen molar-refractivity contribution in [1.29, 1.82) is 0 Å². The second kappa shape index (κ2) is 9.26. The highest BCUT2D eigenvalue weighted by atomic mass is 32.2. The lowest BCUT2D eigenvalue weighted by molar-refractivity contribution is 0.331. The molecule has 0 fully saturated rings. The maximum Gasteiger partial charge on any atom is 0.266 e. The minimum Gasteiger partial charge on any atom is -0.495 e. The molecule has 0 aliphatic carbocycles. The van der Waals surface area contributed by atoms with Gasteiger partial charge in [0.2, 0.25) is 0 Å². The van der Waals surface area contributed by atoms with Crippen molar-refractivity contribution in [1.82, 2.24) is 15.4 Å². The molecule has 0 saturated heterocycles. The fourth-order valence-electron chi connectivity index (χ4n) is 3.43. The first-order valence-electron chi connectivity index (χ1n) is 10.8. The van der Waals surface area contributed by atoms with E-state index in [0.29, 0.717) is 40.7 Å². The molecule has 0 radical (unpaired) electrons. The lowest BCUT2D eigenvalue weighted by Gasteiger charge is -2.12. The van der Waals surface area contributed by atoms with Crippen LogP contribution >= 0.6 is 0 Å². The zero-order valence-electron chi connectivity index (χ0n) is 19.6. The summed E-state index contributed by atoms with van der Waals surface area (Å²) >= 11 is 0. The van der Waals surface area contributed by atoms with Crippen LogP contribution in [-0.2, 0) is 10.0 Å². The molecule has 0 unspecified atom stereocenters. The number of hydrogen-bond acceptors (Lipinski definition) is 8. The van der Waals surface area contributed by atoms with Crippen LogP contribution in [0.4, 0.5) is 17.3 Å². The van der Waals surface area contributed by atoms with Gasteiger partial charge in [0.15, 0.2) is 17.2 Å². The number of nitrogens with one attached hydrogen (secondary N) is 3. The Morgan fingerprint density at radius 2 is 1.94 bits per heavy atom. The van der Waals surface area contributed by atoms with E-state index in [0.717, 1.165) is 11.3 Å². The first kappa shape index (κ1) is 23.4. The molecular formula is C23H27N5O5S. The third kappa shape index (κ3) is 4.65. The molecule has 0 aliphatic rings. The summed E-state index contributed by atoms with van der Waals surface area (Å²) in [5, 5.41) is 14.8. The van der Waals surface area contributed by atoms with Crippen molar-refractivity contribution in [2.24, 2.45) is 0 Å². The largest absolute Gasteiger partial charge is 0.495 e. The molecule has 3 N–H and O–H groups in total. The number of anilines is 3. The number of H-pyrrole nitrogens is 1. The van der Waals surface area contributed by atoms with E-state index >= 15 is 0 Å². The van der Waals surface area contributed by atoms with Crippen LogP contribution in [0.2, 0.25) is 0 Å². The molecule has 0 atom stereocenters. The molecule has 10 nitrogen and oxygen atoms in total. The first-order valence-corrected chi connectivity index (χ1v) is 12.3. The molecule has 11 heteroatoms. The van der Waals surface area contributed by atoms with Crippen molar-refractivity contribution in [3.63, 3.8) is 0 Å². The third-order valence-corrected chi connectivity index (χ3v) is 6.57. The lowest BCUT2D eigenvalue weighted by Crippen LogP contribution is -2.15. The molecule has 2 aromatic carbocycles. The highest BCUT2D eigenvalue weighted by Crippen LogP contribution is 2.37. The summed E-state index contributed by atoms with van der Waals surface area (Å²) in [6.07, 6.45) is 0. The van der Waals surface area contributed by atoms with Crippen LogP contribution in [0.15, 0.2) is 45.8 Å². The highest BCUT2D eigenvalue weighted by molar-refractivity contribution is 7.92. The molecule has 0 saturated carbocycles. The fourth-order valence-corrected chi connectivity index (χ4v) is 4.57. The summed E-state index contributed by atoms with van der Waals surface area (Å²) in [5.74, 6) is 1.70. The number of aromatic nitrogens is 3. The Balaban J connectivity index is 1.67. The Morgan fingerprint density at radius 1 is 1.15 bits per heavy atom. The van der Waals surface area contributed by atoms with Gasteiger partial charge in [0.1, 0.15) is 16.4 Å². The van der Waals surface area contributed by atoms with Gasteiger partial charge in [0.25, 0.3) is 10.0 Å². The Bertz CT molecular complexity index is 1430. The normalized spacial score (nSPS) is 11.7. The summed E-state index contributed by atoms with van der Waals surface area (Å²) in [6, 6.07) is 10.1. The lowest BCUT2D eigenvalue weighted by atomic mass is 10.1. The van der Waals surface area contributed by atoms with E-state index in [-0.39, 0.29) is 16.5 Å². The van der Waals surface area contributed by atoms with Gasteiger partial charge in [-0.1, -0.05) is 25.1 Å². The van der Waals surface area contributed by atoms with Crippen LogP contribution in [0.25, 0.3) is 11.0 Å². The molecule has 4 aromatic rings. The smallest absolute Gasteiger partial charge is 0.266 e. The Hall–Kier alpha value is -3.73. The van der Waals surface area contributed by atoms with E-state index < -0.39 is 10.0 Å². The highest BCUT2D eigenvalue weighted by Gasteiger charge is 2.24. The number of aryl methyl sites for hydroxylation is 1. The molecule has 0 amide bonds. The van der Waals surface area contributed by atoms with Gasteiger partial charge in [-0.05, 0) is 43.5 Å². The summed E-state index contributed by atoms with van der Waals surface area (Å²) in [6.45, 7) is 8.12. The molecule has 2 heterocycles. The van der Waals surface area contributed by atoms with Gasteiger partial charge in [-0.3, -0.25) is 9.82 Å². The van der Waals surface area contributed by atoms with E-state index in [1.54, 1.807) is 31.2 Å². The number of ether oxygens (including phenoxy) is 2. The van der Waals surface area contributed by atoms with Crippen molar-refractivity contribution >= 4 is 38.3 Å². The quantitative estimate of drug-likeness (QED) is 0.304. The second-order valence-corrected chi connectivity index (χ2v) is 9.71. The van der Waals surface area contributed by atoms with Gasteiger partial charge in [0, 0.05) is 17.8 Å². The predicted molar refractivity (Wildman–Crippen MR) is 130 cm³/mol. The van der Waals surface area contributed by atoms with E-state index in [2.05, 4.69) is 39.2 Å². The maximum atomic E-state index is 13.1. The summed E-state index contributed by atoms with van der Waals surface area (Å²) in [5.41, 5.74) is 2.84. The number of sulfonamides is 1. The van der Waals surface area contributed by atoms with Crippen molar-refractivity contribution in [2.75, 3.05) is 23.8 Å². The minimum absolute atomic E-state index is 0.0147. The molecular weight excluding hydrogens is 458 g/mol. The molecule has 0 aliphatic heterocycles. The standard InChI is InChI=1S/C23H27N5O5S/c1-6-32-20-9-14(4)7-8-21(20)34(29,30)28-23-15-10-19(31-5)17(11-18(15)33-27-23)24-22-12-16(13(2)3)25-26-22/h7-13H,6H2,1-5H3,(H,27,28)(H2,24,25,26). The summed E-state index contributed by atoms with van der Waals surface area (Å²) < 4.78 is 45.3. The molecule has 0 spiro atoms. The number of rotatable bonds is 9. The number of nitrogens with zero attached hydrogens (tertiary/aromatic N) is 2. The van der Waals surface area contributed by atoms with Crippen molar-refractivity contribution in [2.45, 2.75) is 38.5 Å². The van der Waals surface area contributed by atoms with Crippen molar-refractivity contribution in [3.8, 4) is 11.5 Å². The van der Waals surface area contributed by atoms with Crippen LogP contribution in [-0.4, -0.2) is 37.5 Å². The average Bonchev–Trinajstić information content (AvgIpc) is 3.40. The van der Waals surface area contributed by atoms with E-state index in [1.165, 1.54) is 13.2 Å². The van der Waals surface area contributed by atoms with E-state index in [1.807, 2.05) is 13.0 Å². The van der Waals surface area contributed by atoms with Crippen molar-refractivity contribution < 1.29 is 22.4 Å². The van der Waals surface area contributed by atoms with Gasteiger partial charge in [-0.15, -0.1) is 0 Å². The Kier molecular flexibility index (Phi) is 6.38. The van der Waals surface area contributed by atoms with Crippen LogP contribution in [0.5, 0.6) is 11.5 Å². The number of fused-ring (bicyclic) bond motifs is 1. The molecule has 180 valence electrons. The molecule has 0 bridgehead atoms. The first-order chi connectivity index (χ1) is 16.2. The Morgan fingerprint density at radius 3 is 2.62 bits per heavy atom. The second-order valence-electron chi connectivity index (χ2n) is 8.06. The molecule has 2 aromatic heterocycles. The number of methoxy groups -OCH3 is 1. The van der Waals surface area contributed by atoms with E-state index in [9.17, 15) is 8.42 Å². The number of aromatic amines is 1. The molecule has 4 rings (SSSR count). The summed E-state index contributed by atoms with van der Waals surface area (Å²) in [7, 11) is -2.47. The van der Waals surface area contributed by atoms with Gasteiger partial charge in [-0.2, -0.15) is 5.10 Å². The minimum atomic E-state index is -4.00. The van der Waals surface area contributed by atoms with Crippen LogP contribution in [0.1, 0.15) is 37.9 Å². The maximum absolute atomic E-state index is 13.1. The van der Waals surface area contributed by atoms with Gasteiger partial charge >= 0.3 is 0 Å². The van der Waals surface area contributed by atoms with Crippen LogP contribution < -0.4 is 19.5 Å². The fraction of sp³-hybridized carbons (Fsp3) is 0.304. The van der Waals surface area contributed by atoms with Crippen molar-refractivity contribution in [3.05, 3.63) is 47.7 Å². The topological polar surface area (TPSA) is 131 Å². The number of hydrogen-bond donors (Lipinski definition) is 3. The average molecular weight is 486 g/mol. The monoisotopic (exact) mass is 485 g/mol. The van der Waals surface area contributed by atoms with E-state index in [4.69, 9.17) is 14.0 Å². The number of benzene rings is 2. The summed E-state index contributed by atoms with van der Waals surface area (Å²) in [4.78, 5) is 0.0147. The van der Waals surface area contributed by atoms with Gasteiger partial charge in [0.05, 0.1) is 24.8 Å². The SMILES string of the molecule is CCOc1cc(C)ccc1S(=O)(=O)Nc1noc2cc(Nc3cc(C(C)C)[nH]n3)c(OC)cc12. The third-order valence-electron chi connectivity index (χ3n) is 5.19. The van der Waals surface area contributed by atoms with Crippen LogP contribution in [0, 0.1) is 6.92 Å². The zero-order valence-corrected chi connectivity index (χ0v) is 20.4.